The summed E-state index contributed by atoms with van der Waals surface area (Å²) in [6.07, 6.45) is -0.924. The first-order chi connectivity index (χ1) is 10.2. The summed E-state index contributed by atoms with van der Waals surface area (Å²) in [6, 6.07) is 18.5. The van der Waals surface area contributed by atoms with E-state index in [1.807, 2.05) is 36.4 Å². The molecule has 0 aliphatic carbocycles. The number of esters is 1. The van der Waals surface area contributed by atoms with Crippen LogP contribution in [-0.4, -0.2) is 11.9 Å². The predicted octanol–water partition coefficient (Wildman–Crippen LogP) is 2.61. The van der Waals surface area contributed by atoms with Crippen molar-refractivity contribution in [2.45, 2.75) is 19.6 Å². The van der Waals surface area contributed by atoms with Crippen molar-refractivity contribution in [1.82, 2.24) is 5.32 Å². The maximum absolute atomic E-state index is 12.3. The third-order valence-electron chi connectivity index (χ3n) is 2.93. The van der Waals surface area contributed by atoms with Gasteiger partial charge in [0, 0.05) is 19.0 Å². The zero-order valence-corrected chi connectivity index (χ0v) is 11.8. The molecule has 4 nitrogen and oxygen atoms in total. The molecule has 0 aliphatic rings. The first kappa shape index (κ1) is 14.8. The summed E-state index contributed by atoms with van der Waals surface area (Å²) in [5.41, 5.74) is 1.64. The van der Waals surface area contributed by atoms with Crippen LogP contribution >= 0.6 is 0 Å². The maximum atomic E-state index is 12.3. The summed E-state index contributed by atoms with van der Waals surface area (Å²) in [4.78, 5) is 23.5. The first-order valence-electron chi connectivity index (χ1n) is 6.70. The Morgan fingerprint density at radius 1 is 1.00 bits per heavy atom. The zero-order valence-electron chi connectivity index (χ0n) is 11.8. The van der Waals surface area contributed by atoms with Crippen molar-refractivity contribution < 1.29 is 14.3 Å². The van der Waals surface area contributed by atoms with Crippen LogP contribution in [0.4, 0.5) is 0 Å². The second-order valence-corrected chi connectivity index (χ2v) is 4.60. The SMILES string of the molecule is CC(=O)O[C@@H](C(=O)NCc1ccccc1)c1ccccc1. The number of ether oxygens (including phenoxy) is 1. The largest absolute Gasteiger partial charge is 0.447 e. The average Bonchev–Trinajstić information content (AvgIpc) is 2.52. The fraction of sp³-hybridized carbons (Fsp3) is 0.176. The van der Waals surface area contributed by atoms with Gasteiger partial charge in [0.2, 0.25) is 6.10 Å². The molecule has 1 N–H and O–H groups in total. The molecule has 1 atom stereocenters. The molecule has 1 amide bonds. The van der Waals surface area contributed by atoms with E-state index < -0.39 is 12.1 Å². The summed E-state index contributed by atoms with van der Waals surface area (Å²) >= 11 is 0. The molecule has 0 aliphatic heterocycles. The third kappa shape index (κ3) is 4.45. The van der Waals surface area contributed by atoms with E-state index in [9.17, 15) is 9.59 Å². The van der Waals surface area contributed by atoms with Crippen LogP contribution in [0.2, 0.25) is 0 Å². The molecule has 0 radical (unpaired) electrons. The highest BCUT2D eigenvalue weighted by Gasteiger charge is 2.23. The topological polar surface area (TPSA) is 55.4 Å². The normalized spacial score (nSPS) is 11.5. The van der Waals surface area contributed by atoms with Crippen LogP contribution in [0.15, 0.2) is 60.7 Å². The smallest absolute Gasteiger partial charge is 0.303 e. The van der Waals surface area contributed by atoms with E-state index in [0.29, 0.717) is 12.1 Å². The van der Waals surface area contributed by atoms with Crippen LogP contribution in [0.25, 0.3) is 0 Å². The molecule has 108 valence electrons. The van der Waals surface area contributed by atoms with E-state index in [1.165, 1.54) is 6.92 Å². The Bertz CT molecular complexity index is 596. The van der Waals surface area contributed by atoms with Crippen LogP contribution in [0.5, 0.6) is 0 Å². The monoisotopic (exact) mass is 283 g/mol. The van der Waals surface area contributed by atoms with Gasteiger partial charge in [0.1, 0.15) is 0 Å². The summed E-state index contributed by atoms with van der Waals surface area (Å²) in [7, 11) is 0. The van der Waals surface area contributed by atoms with Crippen LogP contribution in [0, 0.1) is 0 Å². The van der Waals surface area contributed by atoms with Gasteiger partial charge < -0.3 is 10.1 Å². The molecule has 0 spiro atoms. The molecule has 0 unspecified atom stereocenters. The van der Waals surface area contributed by atoms with E-state index in [2.05, 4.69) is 5.32 Å². The molecular formula is C17H17NO3. The van der Waals surface area contributed by atoms with Gasteiger partial charge in [0.05, 0.1) is 0 Å². The highest BCUT2D eigenvalue weighted by molar-refractivity contribution is 5.84. The van der Waals surface area contributed by atoms with Crippen molar-refractivity contribution >= 4 is 11.9 Å². The molecule has 0 bridgehead atoms. The lowest BCUT2D eigenvalue weighted by Crippen LogP contribution is -2.31. The van der Waals surface area contributed by atoms with Gasteiger partial charge in [-0.15, -0.1) is 0 Å². The summed E-state index contributed by atoms with van der Waals surface area (Å²) in [5, 5.41) is 2.79. The van der Waals surface area contributed by atoms with Gasteiger partial charge in [-0.3, -0.25) is 9.59 Å². The van der Waals surface area contributed by atoms with E-state index >= 15 is 0 Å². The number of carbonyl (C=O) groups is 2. The van der Waals surface area contributed by atoms with Gasteiger partial charge in [-0.2, -0.15) is 0 Å². The molecular weight excluding hydrogens is 266 g/mol. The van der Waals surface area contributed by atoms with E-state index in [-0.39, 0.29) is 5.91 Å². The molecule has 0 saturated carbocycles. The van der Waals surface area contributed by atoms with Crippen LogP contribution in [0.1, 0.15) is 24.2 Å². The number of hydrogen-bond donors (Lipinski definition) is 1. The number of nitrogens with one attached hydrogen (secondary N) is 1. The number of rotatable bonds is 5. The first-order valence-corrected chi connectivity index (χ1v) is 6.70. The predicted molar refractivity (Wildman–Crippen MR) is 79.2 cm³/mol. The Morgan fingerprint density at radius 3 is 2.14 bits per heavy atom. The second-order valence-electron chi connectivity index (χ2n) is 4.60. The lowest BCUT2D eigenvalue weighted by Gasteiger charge is -2.17. The van der Waals surface area contributed by atoms with E-state index in [0.717, 1.165) is 5.56 Å². The van der Waals surface area contributed by atoms with Gasteiger partial charge in [0.15, 0.2) is 0 Å². The van der Waals surface area contributed by atoms with E-state index in [4.69, 9.17) is 4.74 Å². The Morgan fingerprint density at radius 2 is 1.57 bits per heavy atom. The zero-order chi connectivity index (χ0) is 15.1. The molecule has 0 saturated heterocycles. The van der Waals surface area contributed by atoms with E-state index in [1.54, 1.807) is 24.3 Å². The van der Waals surface area contributed by atoms with Crippen molar-refractivity contribution in [2.75, 3.05) is 0 Å². The van der Waals surface area contributed by atoms with Gasteiger partial charge in [-0.1, -0.05) is 60.7 Å². The minimum atomic E-state index is -0.924. The lowest BCUT2D eigenvalue weighted by atomic mass is 10.1. The molecule has 2 rings (SSSR count). The maximum Gasteiger partial charge on any atom is 0.303 e. The minimum absolute atomic E-state index is 0.333. The quantitative estimate of drug-likeness (QED) is 0.858. The molecule has 21 heavy (non-hydrogen) atoms. The Labute approximate surface area is 123 Å². The molecule has 2 aromatic rings. The average molecular weight is 283 g/mol. The summed E-state index contributed by atoms with van der Waals surface area (Å²) in [6.45, 7) is 1.69. The third-order valence-corrected chi connectivity index (χ3v) is 2.93. The molecule has 0 aromatic heterocycles. The number of hydrogen-bond acceptors (Lipinski definition) is 3. The van der Waals surface area contributed by atoms with Gasteiger partial charge in [-0.25, -0.2) is 0 Å². The van der Waals surface area contributed by atoms with Crippen molar-refractivity contribution in [3.63, 3.8) is 0 Å². The fourth-order valence-corrected chi connectivity index (χ4v) is 1.94. The second kappa shape index (κ2) is 7.24. The summed E-state index contributed by atoms with van der Waals surface area (Å²) in [5.74, 6) is -0.820. The van der Waals surface area contributed by atoms with Crippen molar-refractivity contribution in [3.8, 4) is 0 Å². The number of benzene rings is 2. The minimum Gasteiger partial charge on any atom is -0.447 e. The Hall–Kier alpha value is -2.62. The molecule has 2 aromatic carbocycles. The highest BCUT2D eigenvalue weighted by atomic mass is 16.5. The molecule has 0 fully saturated rings. The number of amides is 1. The number of carbonyl (C=O) groups excluding carboxylic acids is 2. The van der Waals surface area contributed by atoms with Crippen LogP contribution in [0.3, 0.4) is 0 Å². The Kier molecular flexibility index (Phi) is 5.10. The highest BCUT2D eigenvalue weighted by Crippen LogP contribution is 2.17. The van der Waals surface area contributed by atoms with Gasteiger partial charge >= 0.3 is 5.97 Å². The van der Waals surface area contributed by atoms with Gasteiger partial charge in [0.25, 0.3) is 5.91 Å². The standard InChI is InChI=1S/C17H17NO3/c1-13(19)21-16(15-10-6-3-7-11-15)17(20)18-12-14-8-4-2-5-9-14/h2-11,16H,12H2,1H3,(H,18,20)/t16-/m1/s1. The Balaban J connectivity index is 2.06. The molecule has 0 heterocycles. The van der Waals surface area contributed by atoms with Crippen molar-refractivity contribution in [3.05, 3.63) is 71.8 Å². The van der Waals surface area contributed by atoms with Gasteiger partial charge in [-0.05, 0) is 5.56 Å². The van der Waals surface area contributed by atoms with Crippen LogP contribution in [-0.2, 0) is 20.9 Å². The fourth-order valence-electron chi connectivity index (χ4n) is 1.94. The van der Waals surface area contributed by atoms with Crippen molar-refractivity contribution in [1.29, 1.82) is 0 Å². The lowest BCUT2D eigenvalue weighted by molar-refractivity contribution is -0.154. The van der Waals surface area contributed by atoms with Crippen LogP contribution < -0.4 is 5.32 Å². The van der Waals surface area contributed by atoms with Crippen molar-refractivity contribution in [2.24, 2.45) is 0 Å². The molecule has 4 heteroatoms. The summed E-state index contributed by atoms with van der Waals surface area (Å²) < 4.78 is 5.14.